The fourth-order valence-corrected chi connectivity index (χ4v) is 2.11. The van der Waals surface area contributed by atoms with Gasteiger partial charge in [0, 0.05) is 17.6 Å². The molecule has 0 saturated carbocycles. The lowest BCUT2D eigenvalue weighted by Crippen LogP contribution is -2.46. The second-order valence-electron chi connectivity index (χ2n) is 4.70. The third kappa shape index (κ3) is 4.44. The molecule has 0 aliphatic rings. The summed E-state index contributed by atoms with van der Waals surface area (Å²) in [4.78, 5) is 16.0. The van der Waals surface area contributed by atoms with Gasteiger partial charge in [-0.25, -0.2) is 4.98 Å². The van der Waals surface area contributed by atoms with Crippen molar-refractivity contribution in [3.63, 3.8) is 0 Å². The second-order valence-corrected chi connectivity index (χ2v) is 5.60. The van der Waals surface area contributed by atoms with Crippen molar-refractivity contribution in [3.8, 4) is 0 Å². The number of hydrogen-bond donors (Lipinski definition) is 2. The van der Waals surface area contributed by atoms with Crippen LogP contribution in [0.1, 0.15) is 39.1 Å². The van der Waals surface area contributed by atoms with Crippen molar-refractivity contribution < 1.29 is 4.79 Å². The normalized spacial score (nSPS) is 13.4. The van der Waals surface area contributed by atoms with Crippen LogP contribution in [0.25, 0.3) is 0 Å². The summed E-state index contributed by atoms with van der Waals surface area (Å²) in [6.45, 7) is 8.44. The Balaban J connectivity index is 2.45. The van der Waals surface area contributed by atoms with Gasteiger partial charge in [0.2, 0.25) is 5.91 Å². The summed E-state index contributed by atoms with van der Waals surface area (Å²) in [5.74, 6) is 0.00509. The summed E-state index contributed by atoms with van der Waals surface area (Å²) in [5, 5.41) is 9.00. The van der Waals surface area contributed by atoms with Crippen LogP contribution < -0.4 is 10.6 Å². The molecule has 5 heteroatoms. The van der Waals surface area contributed by atoms with Crippen molar-refractivity contribution in [2.24, 2.45) is 0 Å². The molecular formula is C12H21N3OS. The zero-order chi connectivity index (χ0) is 12.9. The maximum absolute atomic E-state index is 11.8. The van der Waals surface area contributed by atoms with E-state index in [0.717, 1.165) is 11.4 Å². The highest BCUT2D eigenvalue weighted by Crippen LogP contribution is 2.21. The molecule has 0 aliphatic carbocycles. The summed E-state index contributed by atoms with van der Waals surface area (Å²) in [6, 6.07) is 0.365. The van der Waals surface area contributed by atoms with Gasteiger partial charge in [-0.2, -0.15) is 0 Å². The van der Waals surface area contributed by atoms with E-state index in [-0.39, 0.29) is 5.91 Å². The van der Waals surface area contributed by atoms with E-state index in [1.165, 1.54) is 0 Å². The van der Waals surface area contributed by atoms with Crippen molar-refractivity contribution >= 4 is 17.2 Å². The Morgan fingerprint density at radius 3 is 2.82 bits per heavy atom. The maximum atomic E-state index is 11.8. The van der Waals surface area contributed by atoms with E-state index < -0.39 is 5.54 Å². The van der Waals surface area contributed by atoms with Crippen LogP contribution in [0.3, 0.4) is 0 Å². The van der Waals surface area contributed by atoms with Crippen LogP contribution in [-0.4, -0.2) is 23.5 Å². The third-order valence-corrected chi connectivity index (χ3v) is 3.74. The number of amides is 1. The van der Waals surface area contributed by atoms with Crippen LogP contribution in [-0.2, 0) is 10.3 Å². The lowest BCUT2D eigenvalue weighted by Gasteiger charge is -2.24. The van der Waals surface area contributed by atoms with Crippen molar-refractivity contribution in [3.05, 3.63) is 16.6 Å². The second kappa shape index (κ2) is 6.12. The highest BCUT2D eigenvalue weighted by molar-refractivity contribution is 7.09. The first-order valence-electron chi connectivity index (χ1n) is 5.90. The number of hydrogen-bond acceptors (Lipinski definition) is 4. The topological polar surface area (TPSA) is 54.0 Å². The highest BCUT2D eigenvalue weighted by Gasteiger charge is 2.25. The van der Waals surface area contributed by atoms with E-state index in [9.17, 15) is 4.79 Å². The number of carbonyl (C=O) groups is 1. The lowest BCUT2D eigenvalue weighted by atomic mass is 10.1. The summed E-state index contributed by atoms with van der Waals surface area (Å²) < 4.78 is 0. The van der Waals surface area contributed by atoms with E-state index in [2.05, 4.69) is 29.5 Å². The van der Waals surface area contributed by atoms with Crippen LogP contribution in [0, 0.1) is 0 Å². The SMILES string of the molecule is CCC(C)NCC(=O)NC(C)(C)c1nccs1. The van der Waals surface area contributed by atoms with Crippen molar-refractivity contribution in [2.75, 3.05) is 6.54 Å². The van der Waals surface area contributed by atoms with E-state index in [1.54, 1.807) is 17.5 Å². The zero-order valence-electron chi connectivity index (χ0n) is 10.9. The molecule has 1 amide bonds. The van der Waals surface area contributed by atoms with Crippen molar-refractivity contribution in [1.82, 2.24) is 15.6 Å². The predicted molar refractivity (Wildman–Crippen MR) is 71.0 cm³/mol. The molecule has 1 unspecified atom stereocenters. The number of thiazole rings is 1. The maximum Gasteiger partial charge on any atom is 0.234 e. The summed E-state index contributed by atoms with van der Waals surface area (Å²) in [7, 11) is 0. The lowest BCUT2D eigenvalue weighted by molar-refractivity contribution is -0.122. The van der Waals surface area contributed by atoms with Crippen LogP contribution in [0.15, 0.2) is 11.6 Å². The number of rotatable bonds is 6. The van der Waals surface area contributed by atoms with Gasteiger partial charge in [0.05, 0.1) is 12.1 Å². The molecule has 17 heavy (non-hydrogen) atoms. The molecule has 1 rings (SSSR count). The fourth-order valence-electron chi connectivity index (χ4n) is 1.39. The Hall–Kier alpha value is -0.940. The molecule has 1 aromatic heterocycles. The fraction of sp³-hybridized carbons (Fsp3) is 0.667. The average Bonchev–Trinajstić information content (AvgIpc) is 2.79. The molecule has 0 aromatic carbocycles. The molecular weight excluding hydrogens is 234 g/mol. The molecule has 1 aromatic rings. The quantitative estimate of drug-likeness (QED) is 0.816. The zero-order valence-corrected chi connectivity index (χ0v) is 11.7. The molecule has 1 heterocycles. The summed E-state index contributed by atoms with van der Waals surface area (Å²) >= 11 is 1.55. The Kier molecular flexibility index (Phi) is 5.08. The number of carbonyl (C=O) groups excluding carboxylic acids is 1. The smallest absolute Gasteiger partial charge is 0.234 e. The van der Waals surface area contributed by atoms with Gasteiger partial charge in [0.25, 0.3) is 0 Å². The molecule has 96 valence electrons. The van der Waals surface area contributed by atoms with Crippen LogP contribution in [0.4, 0.5) is 0 Å². The molecule has 0 fully saturated rings. The van der Waals surface area contributed by atoms with Gasteiger partial charge in [0.15, 0.2) is 0 Å². The first kappa shape index (κ1) is 14.1. The Morgan fingerprint density at radius 2 is 2.29 bits per heavy atom. The van der Waals surface area contributed by atoms with E-state index in [0.29, 0.717) is 12.6 Å². The first-order valence-corrected chi connectivity index (χ1v) is 6.78. The monoisotopic (exact) mass is 255 g/mol. The van der Waals surface area contributed by atoms with Crippen molar-refractivity contribution in [1.29, 1.82) is 0 Å². The van der Waals surface area contributed by atoms with Gasteiger partial charge in [-0.15, -0.1) is 11.3 Å². The Labute approximate surface area is 107 Å². The first-order chi connectivity index (χ1) is 7.95. The largest absolute Gasteiger partial charge is 0.344 e. The number of aromatic nitrogens is 1. The Morgan fingerprint density at radius 1 is 1.59 bits per heavy atom. The molecule has 0 aliphatic heterocycles. The van der Waals surface area contributed by atoms with Gasteiger partial charge in [-0.05, 0) is 27.2 Å². The van der Waals surface area contributed by atoms with E-state index in [4.69, 9.17) is 0 Å². The van der Waals surface area contributed by atoms with Gasteiger partial charge >= 0.3 is 0 Å². The van der Waals surface area contributed by atoms with Crippen molar-refractivity contribution in [2.45, 2.75) is 45.7 Å². The molecule has 2 N–H and O–H groups in total. The summed E-state index contributed by atoms with van der Waals surface area (Å²) in [6.07, 6.45) is 2.77. The van der Waals surface area contributed by atoms with Gasteiger partial charge in [-0.3, -0.25) is 4.79 Å². The Bertz CT molecular complexity index is 349. The molecule has 1 atom stereocenters. The summed E-state index contributed by atoms with van der Waals surface area (Å²) in [5.41, 5.74) is -0.400. The minimum absolute atomic E-state index is 0.00509. The number of nitrogens with zero attached hydrogens (tertiary/aromatic N) is 1. The van der Waals surface area contributed by atoms with Gasteiger partial charge < -0.3 is 10.6 Å². The van der Waals surface area contributed by atoms with Gasteiger partial charge in [-0.1, -0.05) is 6.92 Å². The molecule has 0 saturated heterocycles. The van der Waals surface area contributed by atoms with E-state index >= 15 is 0 Å². The van der Waals surface area contributed by atoms with Crippen LogP contribution in [0.5, 0.6) is 0 Å². The highest BCUT2D eigenvalue weighted by atomic mass is 32.1. The number of nitrogens with one attached hydrogen (secondary N) is 2. The predicted octanol–water partition coefficient (Wildman–Crippen LogP) is 1.88. The minimum atomic E-state index is -0.400. The molecule has 4 nitrogen and oxygen atoms in total. The molecule has 0 spiro atoms. The van der Waals surface area contributed by atoms with Gasteiger partial charge in [0.1, 0.15) is 5.01 Å². The third-order valence-electron chi connectivity index (χ3n) is 2.64. The van der Waals surface area contributed by atoms with Crippen LogP contribution >= 0.6 is 11.3 Å². The van der Waals surface area contributed by atoms with Crippen LogP contribution in [0.2, 0.25) is 0 Å². The van der Waals surface area contributed by atoms with E-state index in [1.807, 2.05) is 19.2 Å². The molecule has 0 bridgehead atoms. The average molecular weight is 255 g/mol. The molecule has 0 radical (unpaired) electrons. The standard InChI is InChI=1S/C12H21N3OS/c1-5-9(2)14-8-10(16)15-12(3,4)11-13-6-7-17-11/h6-7,9,14H,5,8H2,1-4H3,(H,15,16). The minimum Gasteiger partial charge on any atom is -0.344 e.